The van der Waals surface area contributed by atoms with Crippen LogP contribution in [0.3, 0.4) is 0 Å². The molecule has 4 heteroatoms. The van der Waals surface area contributed by atoms with Gasteiger partial charge >= 0.3 is 0 Å². The van der Waals surface area contributed by atoms with Gasteiger partial charge in [-0.15, -0.1) is 0 Å². The van der Waals surface area contributed by atoms with Crippen molar-refractivity contribution in [3.8, 4) is 0 Å². The van der Waals surface area contributed by atoms with E-state index < -0.39 is 5.56 Å². The number of alkyl halides is 2. The van der Waals surface area contributed by atoms with Crippen LogP contribution in [-0.4, -0.2) is 22.3 Å². The summed E-state index contributed by atoms with van der Waals surface area (Å²) in [4.78, 5) is 0. The number of rotatable bonds is 5. The number of halogens is 2. The van der Waals surface area contributed by atoms with Crippen LogP contribution in [0.5, 0.6) is 0 Å². The molecule has 0 rings (SSSR count). The van der Waals surface area contributed by atoms with E-state index in [1.807, 2.05) is 6.92 Å². The van der Waals surface area contributed by atoms with Crippen LogP contribution in [0.4, 0.5) is 0 Å². The van der Waals surface area contributed by atoms with Crippen LogP contribution in [0.2, 0.25) is 0 Å². The Hall–Kier alpha value is 0.690. The molecule has 0 saturated carbocycles. The van der Waals surface area contributed by atoms with Gasteiger partial charge in [-0.25, -0.2) is 0 Å². The summed E-state index contributed by atoms with van der Waals surface area (Å²) in [5, 5.41) is 8.69. The molecule has 0 bridgehead atoms. The topological polar surface area (TPSA) is 29.5 Å². The molecule has 0 fully saturated rings. The third kappa shape index (κ3) is 6.81. The highest BCUT2D eigenvalue weighted by Crippen LogP contribution is 2.07. The highest BCUT2D eigenvalue weighted by atomic mass is 79.9. The van der Waals surface area contributed by atoms with Gasteiger partial charge in [0.15, 0.2) is 0 Å². The second-order valence-electron chi connectivity index (χ2n) is 1.91. The normalized spacial score (nSPS) is 16.8. The van der Waals surface area contributed by atoms with Crippen molar-refractivity contribution in [2.75, 3.05) is 6.61 Å². The molecule has 2 unspecified atom stereocenters. The SMILES string of the molecule is CCC(Br)OCCC(O)Cl. The molecule has 62 valence electrons. The maximum atomic E-state index is 8.61. The first-order valence-corrected chi connectivity index (χ1v) is 4.59. The number of hydrogen-bond donors (Lipinski definition) is 1. The molecule has 0 aliphatic heterocycles. The molecule has 10 heavy (non-hydrogen) atoms. The second-order valence-corrected chi connectivity index (χ2v) is 3.44. The fraction of sp³-hybridized carbons (Fsp3) is 1.00. The Balaban J connectivity index is 3.03. The number of hydrogen-bond acceptors (Lipinski definition) is 2. The van der Waals surface area contributed by atoms with E-state index in [-0.39, 0.29) is 5.01 Å². The Kier molecular flexibility index (Phi) is 6.85. The molecule has 0 saturated heterocycles. The Morgan fingerprint density at radius 1 is 1.70 bits per heavy atom. The minimum absolute atomic E-state index is 0.0860. The van der Waals surface area contributed by atoms with Gasteiger partial charge in [-0.1, -0.05) is 34.5 Å². The molecule has 2 atom stereocenters. The summed E-state index contributed by atoms with van der Waals surface area (Å²) in [5.74, 6) is 0. The van der Waals surface area contributed by atoms with Crippen LogP contribution in [0.15, 0.2) is 0 Å². The lowest BCUT2D eigenvalue weighted by Crippen LogP contribution is -2.08. The summed E-state index contributed by atoms with van der Waals surface area (Å²) < 4.78 is 5.17. The molecule has 0 aromatic rings. The Labute approximate surface area is 74.6 Å². The predicted molar refractivity (Wildman–Crippen MR) is 45.4 cm³/mol. The summed E-state index contributed by atoms with van der Waals surface area (Å²) >= 11 is 8.54. The van der Waals surface area contributed by atoms with E-state index in [0.29, 0.717) is 13.0 Å². The first kappa shape index (κ1) is 10.7. The standard InChI is InChI=1S/C6H12BrClO2/c1-2-5(7)10-4-3-6(8)9/h5-6,9H,2-4H2,1H3. The molecule has 2 nitrogen and oxygen atoms in total. The van der Waals surface area contributed by atoms with Crippen LogP contribution >= 0.6 is 27.5 Å². The molecule has 1 N–H and O–H groups in total. The number of ether oxygens (including phenoxy) is 1. The highest BCUT2D eigenvalue weighted by Gasteiger charge is 2.01. The smallest absolute Gasteiger partial charge is 0.130 e. The van der Waals surface area contributed by atoms with Gasteiger partial charge < -0.3 is 9.84 Å². The van der Waals surface area contributed by atoms with E-state index in [1.54, 1.807) is 0 Å². The third-order valence-electron chi connectivity index (χ3n) is 0.976. The fourth-order valence-electron chi connectivity index (χ4n) is 0.411. The Bertz CT molecular complexity index is 80.1. The predicted octanol–water partition coefficient (Wildman–Crippen LogP) is 2.08. The molecule has 0 aliphatic rings. The van der Waals surface area contributed by atoms with Crippen molar-refractivity contribution < 1.29 is 9.84 Å². The van der Waals surface area contributed by atoms with Crippen molar-refractivity contribution in [1.82, 2.24) is 0 Å². The second kappa shape index (κ2) is 6.40. The zero-order chi connectivity index (χ0) is 7.98. The van der Waals surface area contributed by atoms with Gasteiger partial charge in [0.1, 0.15) is 10.6 Å². The van der Waals surface area contributed by atoms with E-state index in [2.05, 4.69) is 15.9 Å². The largest absolute Gasteiger partial charge is 0.378 e. The van der Waals surface area contributed by atoms with E-state index in [9.17, 15) is 0 Å². The zero-order valence-electron chi connectivity index (χ0n) is 5.89. The molecule has 0 aromatic carbocycles. The van der Waals surface area contributed by atoms with E-state index in [1.165, 1.54) is 0 Å². The van der Waals surface area contributed by atoms with Gasteiger partial charge in [-0.05, 0) is 6.42 Å². The summed E-state index contributed by atoms with van der Waals surface area (Å²) in [6.45, 7) is 2.50. The third-order valence-corrected chi connectivity index (χ3v) is 2.11. The summed E-state index contributed by atoms with van der Waals surface area (Å²) in [5.41, 5.74) is -0.781. The van der Waals surface area contributed by atoms with E-state index in [0.717, 1.165) is 6.42 Å². The minimum Gasteiger partial charge on any atom is -0.378 e. The van der Waals surface area contributed by atoms with Crippen molar-refractivity contribution in [1.29, 1.82) is 0 Å². The number of aliphatic hydroxyl groups is 1. The highest BCUT2D eigenvalue weighted by molar-refractivity contribution is 9.09. The maximum Gasteiger partial charge on any atom is 0.130 e. The Morgan fingerprint density at radius 2 is 2.30 bits per heavy atom. The maximum absolute atomic E-state index is 8.61. The molecule has 0 amide bonds. The quantitative estimate of drug-likeness (QED) is 0.734. The fourth-order valence-corrected chi connectivity index (χ4v) is 0.687. The van der Waals surface area contributed by atoms with Crippen molar-refractivity contribution in [2.45, 2.75) is 30.3 Å². The van der Waals surface area contributed by atoms with Crippen LogP contribution < -0.4 is 0 Å². The van der Waals surface area contributed by atoms with Crippen LogP contribution in [0, 0.1) is 0 Å². The van der Waals surface area contributed by atoms with Crippen LogP contribution in [-0.2, 0) is 4.74 Å². The number of aliphatic hydroxyl groups excluding tert-OH is 1. The molecular weight excluding hydrogens is 219 g/mol. The van der Waals surface area contributed by atoms with Crippen molar-refractivity contribution in [3.63, 3.8) is 0 Å². The summed E-state index contributed by atoms with van der Waals surface area (Å²) in [7, 11) is 0. The van der Waals surface area contributed by atoms with Crippen molar-refractivity contribution in [2.24, 2.45) is 0 Å². The van der Waals surface area contributed by atoms with Gasteiger partial charge in [-0.3, -0.25) is 0 Å². The monoisotopic (exact) mass is 230 g/mol. The summed E-state index contributed by atoms with van der Waals surface area (Å²) in [6.07, 6.45) is 1.39. The van der Waals surface area contributed by atoms with Gasteiger partial charge in [0, 0.05) is 6.42 Å². The molecular formula is C6H12BrClO2. The summed E-state index contributed by atoms with van der Waals surface area (Å²) in [6, 6.07) is 0. The van der Waals surface area contributed by atoms with Gasteiger partial charge in [0.25, 0.3) is 0 Å². The molecule has 0 heterocycles. The Morgan fingerprint density at radius 3 is 2.70 bits per heavy atom. The molecule has 0 aromatic heterocycles. The molecule has 0 spiro atoms. The first-order chi connectivity index (χ1) is 4.66. The van der Waals surface area contributed by atoms with E-state index in [4.69, 9.17) is 21.4 Å². The van der Waals surface area contributed by atoms with Gasteiger partial charge in [0.2, 0.25) is 0 Å². The van der Waals surface area contributed by atoms with Crippen molar-refractivity contribution >= 4 is 27.5 Å². The van der Waals surface area contributed by atoms with Crippen LogP contribution in [0.1, 0.15) is 19.8 Å². The van der Waals surface area contributed by atoms with Gasteiger partial charge in [0.05, 0.1) is 6.61 Å². The van der Waals surface area contributed by atoms with Gasteiger partial charge in [-0.2, -0.15) is 0 Å². The zero-order valence-corrected chi connectivity index (χ0v) is 8.23. The first-order valence-electron chi connectivity index (χ1n) is 3.24. The molecule has 0 aliphatic carbocycles. The molecule has 0 radical (unpaired) electrons. The lowest BCUT2D eigenvalue weighted by molar-refractivity contribution is 0.0918. The van der Waals surface area contributed by atoms with Crippen molar-refractivity contribution in [3.05, 3.63) is 0 Å². The lowest BCUT2D eigenvalue weighted by atomic mass is 10.5. The lowest BCUT2D eigenvalue weighted by Gasteiger charge is -2.08. The average molecular weight is 232 g/mol. The van der Waals surface area contributed by atoms with E-state index >= 15 is 0 Å². The minimum atomic E-state index is -0.781. The van der Waals surface area contributed by atoms with Crippen LogP contribution in [0.25, 0.3) is 0 Å². The average Bonchev–Trinajstić information content (AvgIpc) is 1.87.